The molecule has 0 unspecified atom stereocenters. The van der Waals surface area contributed by atoms with Gasteiger partial charge in [-0.05, 0) is 22.8 Å². The first kappa shape index (κ1) is 11.4. The van der Waals surface area contributed by atoms with Crippen molar-refractivity contribution < 1.29 is 18.2 Å². The third-order valence-corrected chi connectivity index (χ3v) is 2.02. The molecule has 0 saturated heterocycles. The second-order valence-corrected chi connectivity index (χ2v) is 3.25. The molecule has 2 aromatic rings. The van der Waals surface area contributed by atoms with Gasteiger partial charge in [-0.2, -0.15) is 4.98 Å². The van der Waals surface area contributed by atoms with Crippen molar-refractivity contribution >= 4 is 17.3 Å². The molecular formula is C8H2ClF2N3O3. The highest BCUT2D eigenvalue weighted by Gasteiger charge is 2.23. The molecule has 6 nitrogen and oxygen atoms in total. The van der Waals surface area contributed by atoms with Crippen molar-refractivity contribution in [3.8, 4) is 11.5 Å². The molecule has 0 bridgehead atoms. The number of hydrogen-bond donors (Lipinski definition) is 0. The Bertz CT molecular complexity index is 602. The molecule has 0 aliphatic carbocycles. The first-order valence-corrected chi connectivity index (χ1v) is 4.50. The highest BCUT2D eigenvalue weighted by atomic mass is 35.5. The summed E-state index contributed by atoms with van der Waals surface area (Å²) in [5.41, 5.74) is -1.03. The van der Waals surface area contributed by atoms with Gasteiger partial charge >= 0.3 is 0 Å². The minimum Gasteiger partial charge on any atom is -0.332 e. The molecule has 0 N–H and O–H groups in total. The Labute approximate surface area is 97.0 Å². The molecule has 0 atom stereocenters. The maximum atomic E-state index is 13.0. The number of halogens is 3. The van der Waals surface area contributed by atoms with Crippen molar-refractivity contribution in [2.24, 2.45) is 0 Å². The zero-order valence-electron chi connectivity index (χ0n) is 7.85. The maximum Gasteiger partial charge on any atom is 0.285 e. The van der Waals surface area contributed by atoms with Crippen LogP contribution in [-0.4, -0.2) is 15.1 Å². The van der Waals surface area contributed by atoms with Gasteiger partial charge in [-0.1, -0.05) is 0 Å². The standard InChI is InChI=1S/C8H2ClF2N3O3/c9-8-12-7(17-13-8)3-1-4(10)5(11)2-6(3)14(15)16/h1-2H. The van der Waals surface area contributed by atoms with E-state index in [9.17, 15) is 18.9 Å². The molecular weight excluding hydrogens is 260 g/mol. The summed E-state index contributed by atoms with van der Waals surface area (Å²) in [5, 5.41) is 13.6. The number of rotatable bonds is 2. The lowest BCUT2D eigenvalue weighted by molar-refractivity contribution is -0.384. The van der Waals surface area contributed by atoms with Crippen LogP contribution >= 0.6 is 11.6 Å². The molecule has 0 fully saturated rings. The fourth-order valence-corrected chi connectivity index (χ4v) is 1.28. The maximum absolute atomic E-state index is 13.0. The second kappa shape index (κ2) is 4.06. The van der Waals surface area contributed by atoms with E-state index in [-0.39, 0.29) is 16.7 Å². The SMILES string of the molecule is O=[N+]([O-])c1cc(F)c(F)cc1-c1nc(Cl)no1. The quantitative estimate of drug-likeness (QED) is 0.613. The van der Waals surface area contributed by atoms with E-state index in [2.05, 4.69) is 14.7 Å². The molecule has 1 aromatic carbocycles. The van der Waals surface area contributed by atoms with E-state index in [0.29, 0.717) is 12.1 Å². The minimum absolute atomic E-state index is 0.293. The lowest BCUT2D eigenvalue weighted by Crippen LogP contribution is -1.96. The summed E-state index contributed by atoms with van der Waals surface area (Å²) in [5.74, 6) is -2.97. The van der Waals surface area contributed by atoms with E-state index < -0.39 is 22.2 Å². The van der Waals surface area contributed by atoms with E-state index in [1.165, 1.54) is 0 Å². The van der Waals surface area contributed by atoms with Gasteiger partial charge in [-0.15, -0.1) is 0 Å². The highest BCUT2D eigenvalue weighted by Crippen LogP contribution is 2.31. The summed E-state index contributed by atoms with van der Waals surface area (Å²) in [7, 11) is 0. The van der Waals surface area contributed by atoms with Crippen molar-refractivity contribution in [1.29, 1.82) is 0 Å². The molecule has 88 valence electrons. The van der Waals surface area contributed by atoms with Crippen LogP contribution in [0, 0.1) is 21.7 Å². The normalized spacial score (nSPS) is 10.5. The van der Waals surface area contributed by atoms with Crippen LogP contribution in [0.2, 0.25) is 5.28 Å². The summed E-state index contributed by atoms with van der Waals surface area (Å²) >= 11 is 5.36. The molecule has 0 saturated carbocycles. The lowest BCUT2D eigenvalue weighted by Gasteiger charge is -1.99. The average Bonchev–Trinajstić information content (AvgIpc) is 2.68. The summed E-state index contributed by atoms with van der Waals surface area (Å²) in [6, 6.07) is 1.03. The number of hydrogen-bond acceptors (Lipinski definition) is 5. The summed E-state index contributed by atoms with van der Waals surface area (Å²) in [6.45, 7) is 0. The van der Waals surface area contributed by atoms with Crippen LogP contribution in [0.1, 0.15) is 0 Å². The van der Waals surface area contributed by atoms with Crippen LogP contribution in [0.15, 0.2) is 16.7 Å². The van der Waals surface area contributed by atoms with E-state index in [4.69, 9.17) is 11.6 Å². The Balaban J connectivity index is 2.67. The Morgan fingerprint density at radius 3 is 2.53 bits per heavy atom. The van der Waals surface area contributed by atoms with Crippen LogP contribution in [-0.2, 0) is 0 Å². The molecule has 0 radical (unpaired) electrons. The Morgan fingerprint density at radius 2 is 2.00 bits per heavy atom. The second-order valence-electron chi connectivity index (χ2n) is 2.91. The number of aromatic nitrogens is 2. The summed E-state index contributed by atoms with van der Waals surface area (Å²) < 4.78 is 30.4. The molecule has 9 heteroatoms. The topological polar surface area (TPSA) is 82.1 Å². The third-order valence-electron chi connectivity index (χ3n) is 1.87. The van der Waals surface area contributed by atoms with Crippen LogP contribution in [0.5, 0.6) is 0 Å². The molecule has 17 heavy (non-hydrogen) atoms. The van der Waals surface area contributed by atoms with Gasteiger partial charge < -0.3 is 4.52 Å². The van der Waals surface area contributed by atoms with Gasteiger partial charge in [0.2, 0.25) is 0 Å². The summed E-state index contributed by atoms with van der Waals surface area (Å²) in [6.07, 6.45) is 0. The Kier molecular flexibility index (Phi) is 2.72. The van der Waals surface area contributed by atoms with Gasteiger partial charge in [0.15, 0.2) is 11.6 Å². The average molecular weight is 262 g/mol. The fraction of sp³-hybridized carbons (Fsp3) is 0. The number of nitro groups is 1. The summed E-state index contributed by atoms with van der Waals surface area (Å²) in [4.78, 5) is 13.3. The van der Waals surface area contributed by atoms with Crippen molar-refractivity contribution in [2.75, 3.05) is 0 Å². The van der Waals surface area contributed by atoms with Crippen molar-refractivity contribution in [2.45, 2.75) is 0 Å². The predicted octanol–water partition coefficient (Wildman–Crippen LogP) is 2.58. The zero-order valence-corrected chi connectivity index (χ0v) is 8.61. The zero-order chi connectivity index (χ0) is 12.6. The number of nitrogens with zero attached hydrogens (tertiary/aromatic N) is 3. The molecule has 0 spiro atoms. The first-order chi connectivity index (χ1) is 7.99. The molecule has 0 aliphatic rings. The van der Waals surface area contributed by atoms with Crippen molar-refractivity contribution in [3.05, 3.63) is 39.2 Å². The van der Waals surface area contributed by atoms with Gasteiger partial charge in [-0.3, -0.25) is 10.1 Å². The molecule has 0 aliphatic heterocycles. The van der Waals surface area contributed by atoms with Gasteiger partial charge in [-0.25, -0.2) is 8.78 Å². The van der Waals surface area contributed by atoms with E-state index in [1.807, 2.05) is 0 Å². The van der Waals surface area contributed by atoms with Gasteiger partial charge in [0.25, 0.3) is 16.9 Å². The van der Waals surface area contributed by atoms with Crippen molar-refractivity contribution in [3.63, 3.8) is 0 Å². The molecule has 1 aromatic heterocycles. The van der Waals surface area contributed by atoms with E-state index in [0.717, 1.165) is 0 Å². The molecule has 0 amide bonds. The van der Waals surface area contributed by atoms with Crippen LogP contribution in [0.25, 0.3) is 11.5 Å². The Hall–Kier alpha value is -2.09. The van der Waals surface area contributed by atoms with Crippen LogP contribution in [0.3, 0.4) is 0 Å². The van der Waals surface area contributed by atoms with E-state index >= 15 is 0 Å². The number of benzene rings is 1. The number of nitro benzene ring substituents is 1. The van der Waals surface area contributed by atoms with Gasteiger partial charge in [0, 0.05) is 0 Å². The smallest absolute Gasteiger partial charge is 0.285 e. The minimum atomic E-state index is -1.34. The first-order valence-electron chi connectivity index (χ1n) is 4.12. The third kappa shape index (κ3) is 2.07. The van der Waals surface area contributed by atoms with E-state index in [1.54, 1.807) is 0 Å². The largest absolute Gasteiger partial charge is 0.332 e. The fourth-order valence-electron chi connectivity index (χ4n) is 1.17. The highest BCUT2D eigenvalue weighted by molar-refractivity contribution is 6.28. The Morgan fingerprint density at radius 1 is 1.35 bits per heavy atom. The van der Waals surface area contributed by atoms with Crippen LogP contribution < -0.4 is 0 Å². The van der Waals surface area contributed by atoms with Crippen molar-refractivity contribution in [1.82, 2.24) is 10.1 Å². The van der Waals surface area contributed by atoms with Crippen LogP contribution in [0.4, 0.5) is 14.5 Å². The lowest BCUT2D eigenvalue weighted by atomic mass is 10.1. The van der Waals surface area contributed by atoms with Gasteiger partial charge in [0.05, 0.1) is 11.0 Å². The monoisotopic (exact) mass is 261 g/mol. The predicted molar refractivity (Wildman–Crippen MR) is 51.3 cm³/mol. The van der Waals surface area contributed by atoms with Gasteiger partial charge in [0.1, 0.15) is 5.56 Å². The molecule has 2 rings (SSSR count). The molecule has 1 heterocycles.